The van der Waals surface area contributed by atoms with E-state index in [0.717, 1.165) is 19.4 Å². The minimum absolute atomic E-state index is 0.143. The molecule has 1 aliphatic heterocycles. The third kappa shape index (κ3) is 1.61. The number of rotatable bonds is 3. The van der Waals surface area contributed by atoms with Gasteiger partial charge in [0.2, 0.25) is 0 Å². The van der Waals surface area contributed by atoms with Crippen LogP contribution in [-0.4, -0.2) is 12.2 Å². The number of benzene rings is 2. The molecule has 0 aromatic heterocycles. The van der Waals surface area contributed by atoms with Crippen molar-refractivity contribution < 1.29 is 4.74 Å². The van der Waals surface area contributed by atoms with Crippen LogP contribution >= 0.6 is 0 Å². The molecular formula is C15H16O. The molecule has 0 N–H and O–H groups in total. The summed E-state index contributed by atoms with van der Waals surface area (Å²) in [6.07, 6.45) is 2.15. The third-order valence-corrected chi connectivity index (χ3v) is 3.59. The van der Waals surface area contributed by atoms with Gasteiger partial charge in [0.1, 0.15) is 0 Å². The molecule has 0 amide bonds. The van der Waals surface area contributed by atoms with Crippen molar-refractivity contribution in [1.82, 2.24) is 0 Å². The van der Waals surface area contributed by atoms with Gasteiger partial charge in [-0.15, -0.1) is 0 Å². The molecule has 1 atom stereocenters. The maximum absolute atomic E-state index is 5.60. The third-order valence-electron chi connectivity index (χ3n) is 3.59. The van der Waals surface area contributed by atoms with Crippen LogP contribution in [-0.2, 0) is 11.2 Å². The lowest BCUT2D eigenvalue weighted by atomic mass is 9.94. The van der Waals surface area contributed by atoms with Gasteiger partial charge in [0, 0.05) is 6.42 Å². The second-order valence-electron chi connectivity index (χ2n) is 4.64. The molecule has 0 bridgehead atoms. The minimum atomic E-state index is 0.143. The number of hydrogen-bond donors (Lipinski definition) is 0. The van der Waals surface area contributed by atoms with Gasteiger partial charge in [-0.3, -0.25) is 0 Å². The van der Waals surface area contributed by atoms with E-state index in [4.69, 9.17) is 4.74 Å². The standard InChI is InChI=1S/C15H16O/c1-2-15(11-16-15)10-13-8-5-7-12-6-3-4-9-14(12)13/h3-9H,2,10-11H2,1H3. The fourth-order valence-electron chi connectivity index (χ4n) is 2.33. The average molecular weight is 212 g/mol. The first-order chi connectivity index (χ1) is 7.83. The van der Waals surface area contributed by atoms with Crippen LogP contribution in [0.2, 0.25) is 0 Å². The summed E-state index contributed by atoms with van der Waals surface area (Å²) < 4.78 is 5.60. The molecule has 0 aliphatic carbocycles. The molecule has 0 saturated carbocycles. The van der Waals surface area contributed by atoms with E-state index < -0.39 is 0 Å². The first kappa shape index (κ1) is 9.86. The van der Waals surface area contributed by atoms with Gasteiger partial charge in [0.05, 0.1) is 12.2 Å². The molecule has 1 unspecified atom stereocenters. The van der Waals surface area contributed by atoms with E-state index in [1.54, 1.807) is 0 Å². The van der Waals surface area contributed by atoms with Gasteiger partial charge in [0.15, 0.2) is 0 Å². The van der Waals surface area contributed by atoms with Crippen molar-refractivity contribution in [3.63, 3.8) is 0 Å². The fourth-order valence-corrected chi connectivity index (χ4v) is 2.33. The van der Waals surface area contributed by atoms with Crippen molar-refractivity contribution in [2.45, 2.75) is 25.4 Å². The van der Waals surface area contributed by atoms with Crippen LogP contribution in [0, 0.1) is 0 Å². The zero-order valence-corrected chi connectivity index (χ0v) is 9.57. The van der Waals surface area contributed by atoms with Crippen LogP contribution in [0.4, 0.5) is 0 Å². The van der Waals surface area contributed by atoms with E-state index in [9.17, 15) is 0 Å². The van der Waals surface area contributed by atoms with Gasteiger partial charge < -0.3 is 4.74 Å². The molecule has 82 valence electrons. The number of ether oxygens (including phenoxy) is 1. The summed E-state index contributed by atoms with van der Waals surface area (Å²) in [7, 11) is 0. The molecule has 1 aliphatic rings. The maximum atomic E-state index is 5.60. The molecule has 16 heavy (non-hydrogen) atoms. The zero-order valence-electron chi connectivity index (χ0n) is 9.57. The molecule has 2 aromatic carbocycles. The van der Waals surface area contributed by atoms with E-state index >= 15 is 0 Å². The molecule has 3 rings (SSSR count). The van der Waals surface area contributed by atoms with Crippen LogP contribution in [0.1, 0.15) is 18.9 Å². The Morgan fingerprint density at radius 3 is 2.62 bits per heavy atom. The molecule has 2 aromatic rings. The lowest BCUT2D eigenvalue weighted by Gasteiger charge is -2.11. The molecular weight excluding hydrogens is 196 g/mol. The smallest absolute Gasteiger partial charge is 0.0954 e. The zero-order chi connectivity index (χ0) is 11.0. The predicted molar refractivity (Wildman–Crippen MR) is 66.6 cm³/mol. The van der Waals surface area contributed by atoms with E-state index in [1.165, 1.54) is 16.3 Å². The van der Waals surface area contributed by atoms with Gasteiger partial charge >= 0.3 is 0 Å². The van der Waals surface area contributed by atoms with Crippen molar-refractivity contribution in [2.75, 3.05) is 6.61 Å². The molecule has 0 spiro atoms. The minimum Gasteiger partial charge on any atom is -0.369 e. The molecule has 1 heteroatoms. The van der Waals surface area contributed by atoms with Crippen LogP contribution < -0.4 is 0 Å². The second kappa shape index (κ2) is 3.60. The van der Waals surface area contributed by atoms with Crippen molar-refractivity contribution in [3.8, 4) is 0 Å². The van der Waals surface area contributed by atoms with E-state index in [0.29, 0.717) is 0 Å². The number of hydrogen-bond acceptors (Lipinski definition) is 1. The summed E-state index contributed by atoms with van der Waals surface area (Å²) in [5.74, 6) is 0. The number of epoxide rings is 1. The van der Waals surface area contributed by atoms with Crippen molar-refractivity contribution in [1.29, 1.82) is 0 Å². The Labute approximate surface area is 96.0 Å². The monoisotopic (exact) mass is 212 g/mol. The van der Waals surface area contributed by atoms with Gasteiger partial charge in [-0.1, -0.05) is 49.4 Å². The first-order valence-corrected chi connectivity index (χ1v) is 5.94. The quantitative estimate of drug-likeness (QED) is 0.709. The summed E-state index contributed by atoms with van der Waals surface area (Å²) in [6, 6.07) is 15.1. The summed E-state index contributed by atoms with van der Waals surface area (Å²) in [4.78, 5) is 0. The SMILES string of the molecule is CCC1(Cc2cccc3ccccc23)CO1. The molecule has 1 heterocycles. The fraction of sp³-hybridized carbons (Fsp3) is 0.333. The summed E-state index contributed by atoms with van der Waals surface area (Å²) in [5.41, 5.74) is 1.56. The van der Waals surface area contributed by atoms with Gasteiger partial charge in [0.25, 0.3) is 0 Å². The van der Waals surface area contributed by atoms with E-state index in [1.807, 2.05) is 0 Å². The Hall–Kier alpha value is -1.34. The molecule has 1 nitrogen and oxygen atoms in total. The largest absolute Gasteiger partial charge is 0.369 e. The van der Waals surface area contributed by atoms with Crippen LogP contribution in [0.5, 0.6) is 0 Å². The maximum Gasteiger partial charge on any atom is 0.0954 e. The Morgan fingerprint density at radius 1 is 1.12 bits per heavy atom. The van der Waals surface area contributed by atoms with E-state index in [-0.39, 0.29) is 5.60 Å². The summed E-state index contributed by atoms with van der Waals surface area (Å²) in [6.45, 7) is 3.13. The van der Waals surface area contributed by atoms with Crippen molar-refractivity contribution in [2.24, 2.45) is 0 Å². The lowest BCUT2D eigenvalue weighted by molar-refractivity contribution is 0.295. The van der Waals surface area contributed by atoms with Gasteiger partial charge in [-0.05, 0) is 22.8 Å². The molecule has 1 fully saturated rings. The average Bonchev–Trinajstić information content (AvgIpc) is 3.10. The van der Waals surface area contributed by atoms with Crippen LogP contribution in [0.15, 0.2) is 42.5 Å². The summed E-state index contributed by atoms with van der Waals surface area (Å²) >= 11 is 0. The molecule has 1 saturated heterocycles. The second-order valence-corrected chi connectivity index (χ2v) is 4.64. The normalized spacial score (nSPS) is 23.6. The Morgan fingerprint density at radius 2 is 1.88 bits per heavy atom. The predicted octanol–water partition coefficient (Wildman–Crippen LogP) is 3.56. The Balaban J connectivity index is 2.03. The summed E-state index contributed by atoms with van der Waals surface area (Å²) in [5, 5.41) is 2.69. The first-order valence-electron chi connectivity index (χ1n) is 5.94. The Kier molecular flexibility index (Phi) is 2.22. The molecule has 0 radical (unpaired) electrons. The van der Waals surface area contributed by atoms with Crippen LogP contribution in [0.25, 0.3) is 10.8 Å². The van der Waals surface area contributed by atoms with E-state index in [2.05, 4.69) is 49.4 Å². The topological polar surface area (TPSA) is 12.5 Å². The Bertz CT molecular complexity index is 506. The van der Waals surface area contributed by atoms with Crippen LogP contribution in [0.3, 0.4) is 0 Å². The lowest BCUT2D eigenvalue weighted by Crippen LogP contribution is -2.13. The van der Waals surface area contributed by atoms with Gasteiger partial charge in [-0.2, -0.15) is 0 Å². The van der Waals surface area contributed by atoms with Crippen molar-refractivity contribution >= 4 is 10.8 Å². The highest BCUT2D eigenvalue weighted by Crippen LogP contribution is 2.36. The highest BCUT2D eigenvalue weighted by Gasteiger charge is 2.42. The van der Waals surface area contributed by atoms with Gasteiger partial charge in [-0.25, -0.2) is 0 Å². The highest BCUT2D eigenvalue weighted by atomic mass is 16.6. The highest BCUT2D eigenvalue weighted by molar-refractivity contribution is 5.85. The number of fused-ring (bicyclic) bond motifs is 1. The van der Waals surface area contributed by atoms with Crippen molar-refractivity contribution in [3.05, 3.63) is 48.0 Å².